The van der Waals surface area contributed by atoms with E-state index in [1.165, 1.54) is 167 Å². The Hall–Kier alpha value is -0.690. The van der Waals surface area contributed by atoms with E-state index in [0.717, 1.165) is 26.1 Å². The van der Waals surface area contributed by atoms with Crippen LogP contribution in [0.25, 0.3) is 0 Å². The van der Waals surface area contributed by atoms with Crippen LogP contribution in [0.2, 0.25) is 0 Å². The van der Waals surface area contributed by atoms with E-state index >= 15 is 0 Å². The molecule has 0 aliphatic rings. The summed E-state index contributed by atoms with van der Waals surface area (Å²) in [6, 6.07) is -0.195. The van der Waals surface area contributed by atoms with Crippen LogP contribution >= 0.6 is 0 Å². The first-order valence-electron chi connectivity index (χ1n) is 21.8. The number of hydrogen-bond donors (Lipinski definition) is 1. The molecule has 0 rings (SSSR count). The quantitative estimate of drug-likeness (QED) is 0.0641. The van der Waals surface area contributed by atoms with Crippen LogP contribution in [-0.2, 0) is 23.7 Å². The molecule has 6 nitrogen and oxygen atoms in total. The molecule has 300 valence electrons. The van der Waals surface area contributed by atoms with Crippen LogP contribution in [0.5, 0.6) is 0 Å². The first-order chi connectivity index (χ1) is 24.2. The van der Waals surface area contributed by atoms with Gasteiger partial charge in [0.1, 0.15) is 5.60 Å². The highest BCUT2D eigenvalue weighted by atomic mass is 16.5. The van der Waals surface area contributed by atoms with Crippen LogP contribution in [0.4, 0.5) is 0 Å². The molecule has 0 spiro atoms. The highest BCUT2D eigenvalue weighted by Gasteiger charge is 2.33. The van der Waals surface area contributed by atoms with Crippen molar-refractivity contribution in [3.8, 4) is 0 Å². The fourth-order valence-electron chi connectivity index (χ4n) is 6.22. The van der Waals surface area contributed by atoms with Crippen molar-refractivity contribution in [2.24, 2.45) is 0 Å². The van der Waals surface area contributed by atoms with E-state index in [0.29, 0.717) is 19.8 Å². The van der Waals surface area contributed by atoms with Crippen molar-refractivity contribution in [1.29, 1.82) is 0 Å². The molecule has 50 heavy (non-hydrogen) atoms. The van der Waals surface area contributed by atoms with Gasteiger partial charge in [0.2, 0.25) is 0 Å². The molecular weight excluding hydrogens is 622 g/mol. The molecule has 0 aromatic rings. The summed E-state index contributed by atoms with van der Waals surface area (Å²) in [4.78, 5) is 13.2. The van der Waals surface area contributed by atoms with Crippen LogP contribution in [0.3, 0.4) is 0 Å². The lowest BCUT2D eigenvalue weighted by Crippen LogP contribution is -2.52. The Labute approximate surface area is 313 Å². The first kappa shape index (κ1) is 49.3. The summed E-state index contributed by atoms with van der Waals surface area (Å²) < 4.78 is 23.6. The predicted octanol–water partition coefficient (Wildman–Crippen LogP) is 12.7. The molecule has 0 heterocycles. The molecule has 0 aliphatic heterocycles. The van der Waals surface area contributed by atoms with E-state index in [4.69, 9.17) is 18.9 Å². The SMILES string of the molecule is CCCCCCCCCCCCCCCCOCC(COCCCCCCCCCCCCCCCC)NC(=O)C(C)(C)OCC(C)(C)OC. The maximum Gasteiger partial charge on any atom is 0.252 e. The largest absolute Gasteiger partial charge is 0.379 e. The molecule has 1 N–H and O–H groups in total. The van der Waals surface area contributed by atoms with Gasteiger partial charge < -0.3 is 24.3 Å². The van der Waals surface area contributed by atoms with Gasteiger partial charge in [-0.1, -0.05) is 181 Å². The fourth-order valence-corrected chi connectivity index (χ4v) is 6.22. The van der Waals surface area contributed by atoms with Gasteiger partial charge in [-0.15, -0.1) is 0 Å². The molecule has 1 amide bonds. The van der Waals surface area contributed by atoms with Gasteiger partial charge in [0.25, 0.3) is 5.91 Å². The molecule has 0 atom stereocenters. The third-order valence-electron chi connectivity index (χ3n) is 10.1. The van der Waals surface area contributed by atoms with Gasteiger partial charge in [0.05, 0.1) is 31.5 Å². The second-order valence-electron chi connectivity index (χ2n) is 16.3. The normalized spacial score (nSPS) is 12.3. The summed E-state index contributed by atoms with van der Waals surface area (Å²) in [6.07, 6.45) is 37.8. The average Bonchev–Trinajstić information content (AvgIpc) is 3.10. The van der Waals surface area contributed by atoms with E-state index in [-0.39, 0.29) is 11.9 Å². The minimum atomic E-state index is -0.975. The predicted molar refractivity (Wildman–Crippen MR) is 215 cm³/mol. The zero-order valence-corrected chi connectivity index (χ0v) is 35.0. The Bertz CT molecular complexity index is 677. The van der Waals surface area contributed by atoms with E-state index in [2.05, 4.69) is 19.2 Å². The third-order valence-corrected chi connectivity index (χ3v) is 10.1. The summed E-state index contributed by atoms with van der Waals surface area (Å²) >= 11 is 0. The lowest BCUT2D eigenvalue weighted by Gasteiger charge is -2.31. The molecule has 6 heteroatoms. The van der Waals surface area contributed by atoms with Gasteiger partial charge in [-0.05, 0) is 40.5 Å². The maximum atomic E-state index is 13.2. The van der Waals surface area contributed by atoms with Gasteiger partial charge in [0, 0.05) is 20.3 Å². The Morgan fingerprint density at radius 3 is 1.10 bits per heavy atom. The van der Waals surface area contributed by atoms with E-state index in [1.54, 1.807) is 7.11 Å². The fraction of sp³-hybridized carbons (Fsp3) is 0.977. The highest BCUT2D eigenvalue weighted by molar-refractivity contribution is 5.84. The van der Waals surface area contributed by atoms with Gasteiger partial charge in [-0.2, -0.15) is 0 Å². The molecule has 0 radical (unpaired) electrons. The lowest BCUT2D eigenvalue weighted by atomic mass is 10.0. The number of carbonyl (C=O) groups is 1. The zero-order valence-electron chi connectivity index (χ0n) is 35.0. The minimum Gasteiger partial charge on any atom is -0.379 e. The van der Waals surface area contributed by atoms with Gasteiger partial charge >= 0.3 is 0 Å². The third kappa shape index (κ3) is 33.2. The smallest absolute Gasteiger partial charge is 0.252 e. The second-order valence-corrected chi connectivity index (χ2v) is 16.3. The Morgan fingerprint density at radius 2 is 0.800 bits per heavy atom. The number of methoxy groups -OCH3 is 1. The Kier molecular flexibility index (Phi) is 34.9. The minimum absolute atomic E-state index is 0.144. The van der Waals surface area contributed by atoms with Crippen molar-refractivity contribution >= 4 is 5.91 Å². The van der Waals surface area contributed by atoms with Crippen molar-refractivity contribution < 1.29 is 23.7 Å². The summed E-state index contributed by atoms with van der Waals surface area (Å²) in [5, 5.41) is 3.16. The molecule has 0 aliphatic carbocycles. The van der Waals surface area contributed by atoms with Crippen LogP contribution < -0.4 is 5.32 Å². The molecule has 0 bridgehead atoms. The highest BCUT2D eigenvalue weighted by Crippen LogP contribution is 2.17. The molecule has 0 fully saturated rings. The molecule has 0 unspecified atom stereocenters. The number of ether oxygens (including phenoxy) is 4. The summed E-state index contributed by atoms with van der Waals surface area (Å²) in [6.45, 7) is 14.8. The molecular formula is C44H89NO5. The molecule has 0 aromatic heterocycles. The number of hydrogen-bond acceptors (Lipinski definition) is 5. The van der Waals surface area contributed by atoms with Gasteiger partial charge in [0.15, 0.2) is 0 Å². The van der Waals surface area contributed by atoms with Gasteiger partial charge in [-0.3, -0.25) is 4.79 Å². The first-order valence-corrected chi connectivity index (χ1v) is 21.8. The van der Waals surface area contributed by atoms with Crippen molar-refractivity contribution in [3.05, 3.63) is 0 Å². The second kappa shape index (κ2) is 35.3. The van der Waals surface area contributed by atoms with Crippen molar-refractivity contribution in [2.45, 2.75) is 239 Å². The van der Waals surface area contributed by atoms with E-state index in [1.807, 2.05) is 27.7 Å². The maximum absolute atomic E-state index is 13.2. The number of unbranched alkanes of at least 4 members (excludes halogenated alkanes) is 26. The molecule has 0 saturated heterocycles. The monoisotopic (exact) mass is 712 g/mol. The topological polar surface area (TPSA) is 66.0 Å². The number of nitrogens with one attached hydrogen (secondary N) is 1. The van der Waals surface area contributed by atoms with Gasteiger partial charge in [-0.25, -0.2) is 0 Å². The number of rotatable bonds is 40. The van der Waals surface area contributed by atoms with Crippen molar-refractivity contribution in [1.82, 2.24) is 5.32 Å². The number of carbonyl (C=O) groups excluding carboxylic acids is 1. The average molecular weight is 712 g/mol. The van der Waals surface area contributed by atoms with E-state index in [9.17, 15) is 4.79 Å². The van der Waals surface area contributed by atoms with Crippen molar-refractivity contribution in [2.75, 3.05) is 40.1 Å². The molecule has 0 aromatic carbocycles. The van der Waals surface area contributed by atoms with Crippen LogP contribution in [0, 0.1) is 0 Å². The Balaban J connectivity index is 4.22. The Morgan fingerprint density at radius 1 is 0.500 bits per heavy atom. The summed E-state index contributed by atoms with van der Waals surface area (Å²) in [5.41, 5.74) is -1.43. The van der Waals surface area contributed by atoms with Crippen LogP contribution in [0.1, 0.15) is 221 Å². The summed E-state index contributed by atoms with van der Waals surface area (Å²) in [5.74, 6) is -0.144. The molecule has 0 saturated carbocycles. The van der Waals surface area contributed by atoms with Crippen LogP contribution in [0.15, 0.2) is 0 Å². The number of amides is 1. The standard InChI is InChI=1S/C44H89NO5/c1-8-10-12-14-16-18-20-22-24-26-28-30-32-34-36-48-38-41(45-42(46)44(5,6)50-40-43(3,4)47-7)39-49-37-35-33-31-29-27-25-23-21-19-17-15-13-11-9-2/h41H,8-40H2,1-7H3,(H,45,46). The summed E-state index contributed by atoms with van der Waals surface area (Å²) in [7, 11) is 1.66. The van der Waals surface area contributed by atoms with E-state index < -0.39 is 11.2 Å². The zero-order chi connectivity index (χ0) is 37.0. The van der Waals surface area contributed by atoms with Crippen LogP contribution in [-0.4, -0.2) is 63.3 Å². The van der Waals surface area contributed by atoms with Crippen molar-refractivity contribution in [3.63, 3.8) is 0 Å². The lowest BCUT2D eigenvalue weighted by molar-refractivity contribution is -0.154.